The number of aromatic amines is 1. The molecule has 0 spiro atoms. The maximum atomic E-state index is 12.9. The van der Waals surface area contributed by atoms with Crippen LogP contribution < -0.4 is 14.4 Å². The number of nitrogens with one attached hydrogen (secondary N) is 1. The molecule has 0 radical (unpaired) electrons. The number of H-pyrrole nitrogens is 1. The fourth-order valence-corrected chi connectivity index (χ4v) is 5.45. The average Bonchev–Trinajstić information content (AvgIpc) is 3.57. The van der Waals surface area contributed by atoms with E-state index in [0.717, 1.165) is 82.5 Å². The van der Waals surface area contributed by atoms with Crippen LogP contribution >= 0.6 is 0 Å². The number of Topliss-reactive ketones (excluding diaryl/α,β-unsaturated/α-hetero) is 1. The molecule has 0 bridgehead atoms. The highest BCUT2D eigenvalue weighted by Crippen LogP contribution is 2.35. The van der Waals surface area contributed by atoms with E-state index in [2.05, 4.69) is 42.0 Å². The lowest BCUT2D eigenvalue weighted by Crippen LogP contribution is -2.59. The molecule has 1 aromatic heterocycles. The van der Waals surface area contributed by atoms with E-state index < -0.39 is 0 Å². The number of nitrogens with zero attached hydrogens (tertiary/aromatic N) is 5. The Morgan fingerprint density at radius 3 is 2.67 bits per heavy atom. The van der Waals surface area contributed by atoms with Crippen LogP contribution in [-0.4, -0.2) is 109 Å². The summed E-state index contributed by atoms with van der Waals surface area (Å²) in [5, 5.41) is 6.86. The van der Waals surface area contributed by atoms with Crippen molar-refractivity contribution in [2.75, 3.05) is 71.0 Å². The molecule has 1 N–H and O–H groups in total. The number of morpholine rings is 1. The second-order valence-electron chi connectivity index (χ2n) is 10.0. The molecule has 2 aromatic rings. The summed E-state index contributed by atoms with van der Waals surface area (Å²) < 4.78 is 17.5. The third-order valence-electron chi connectivity index (χ3n) is 7.48. The van der Waals surface area contributed by atoms with Crippen molar-refractivity contribution < 1.29 is 19.0 Å². The van der Waals surface area contributed by atoms with Crippen LogP contribution in [0.5, 0.6) is 11.5 Å². The van der Waals surface area contributed by atoms with E-state index in [4.69, 9.17) is 14.2 Å². The number of piperazine rings is 1. The van der Waals surface area contributed by atoms with E-state index in [9.17, 15) is 4.79 Å². The minimum Gasteiger partial charge on any atom is -0.493 e. The van der Waals surface area contributed by atoms with Crippen LogP contribution in [0.25, 0.3) is 0 Å². The number of carbonyl (C=O) groups excluding carboxylic acids is 1. The molecular weight excluding hydrogens is 460 g/mol. The number of benzene rings is 1. The molecule has 3 fully saturated rings. The van der Waals surface area contributed by atoms with Gasteiger partial charge in [0, 0.05) is 57.1 Å². The van der Waals surface area contributed by atoms with E-state index in [0.29, 0.717) is 12.4 Å². The number of anilines is 1. The number of ketones is 1. The Bertz CT molecular complexity index is 1020. The van der Waals surface area contributed by atoms with Crippen molar-refractivity contribution in [3.63, 3.8) is 0 Å². The molecule has 196 valence electrons. The van der Waals surface area contributed by atoms with E-state index in [1.807, 2.05) is 13.0 Å². The summed E-state index contributed by atoms with van der Waals surface area (Å²) in [6.45, 7) is 8.81. The van der Waals surface area contributed by atoms with Crippen LogP contribution in [0.15, 0.2) is 18.2 Å². The third-order valence-corrected chi connectivity index (χ3v) is 7.48. The summed E-state index contributed by atoms with van der Waals surface area (Å²) in [6, 6.07) is 6.45. The average molecular weight is 499 g/mol. The highest BCUT2D eigenvalue weighted by atomic mass is 16.5. The van der Waals surface area contributed by atoms with E-state index in [1.165, 1.54) is 12.8 Å². The van der Waals surface area contributed by atoms with Crippen molar-refractivity contribution >= 4 is 11.5 Å². The normalized spacial score (nSPS) is 22.2. The molecule has 3 heterocycles. The van der Waals surface area contributed by atoms with Crippen molar-refractivity contribution in [2.45, 2.75) is 44.8 Å². The number of ether oxygens (including phenoxy) is 3. The first-order valence-corrected chi connectivity index (χ1v) is 13.1. The van der Waals surface area contributed by atoms with Gasteiger partial charge in [0.2, 0.25) is 11.6 Å². The SMILES string of the molecule is COc1ccc(N2CCN(CC(=O)c3n[nH]c(C)n3)[C@@H](CN3CCOCC3)C2)cc1OC1CCCC1. The standard InChI is InChI=1S/C26H38N6O4/c1-19-27-26(29-28-19)23(33)18-32-10-9-31(17-21(32)16-30-11-13-35-14-12-30)20-7-8-24(34-2)25(15-20)36-22-5-3-4-6-22/h7-8,15,21-22H,3-6,9-14,16-18H2,1-2H3,(H,27,28,29)/t21-/m0/s1. The zero-order valence-electron chi connectivity index (χ0n) is 21.4. The first-order chi connectivity index (χ1) is 17.6. The second kappa shape index (κ2) is 11.6. The lowest BCUT2D eigenvalue weighted by molar-refractivity contribution is 0.0210. The molecule has 3 aliphatic rings. The Hall–Kier alpha value is -2.69. The summed E-state index contributed by atoms with van der Waals surface area (Å²) in [5.41, 5.74) is 1.13. The summed E-state index contributed by atoms with van der Waals surface area (Å²) in [4.78, 5) is 24.3. The topological polar surface area (TPSA) is 96.0 Å². The molecule has 1 aliphatic carbocycles. The Morgan fingerprint density at radius 1 is 1.14 bits per heavy atom. The van der Waals surface area contributed by atoms with Crippen LogP contribution in [0.3, 0.4) is 0 Å². The number of hydrogen-bond acceptors (Lipinski definition) is 9. The van der Waals surface area contributed by atoms with Crippen molar-refractivity contribution in [1.29, 1.82) is 0 Å². The highest BCUT2D eigenvalue weighted by Gasteiger charge is 2.32. The Kier molecular flexibility index (Phi) is 8.03. The summed E-state index contributed by atoms with van der Waals surface area (Å²) in [7, 11) is 1.69. The van der Waals surface area contributed by atoms with Gasteiger partial charge in [-0.05, 0) is 44.7 Å². The zero-order valence-corrected chi connectivity index (χ0v) is 21.4. The number of methoxy groups -OCH3 is 1. The number of carbonyl (C=O) groups is 1. The smallest absolute Gasteiger partial charge is 0.218 e. The maximum Gasteiger partial charge on any atom is 0.218 e. The predicted octanol–water partition coefficient (Wildman–Crippen LogP) is 2.15. The number of hydrogen-bond donors (Lipinski definition) is 1. The van der Waals surface area contributed by atoms with Gasteiger partial charge in [0.15, 0.2) is 11.5 Å². The van der Waals surface area contributed by atoms with Gasteiger partial charge in [-0.15, -0.1) is 0 Å². The molecular formula is C26H38N6O4. The lowest BCUT2D eigenvalue weighted by atomic mass is 10.1. The molecule has 0 unspecified atom stereocenters. The molecule has 0 amide bonds. The number of rotatable bonds is 9. The van der Waals surface area contributed by atoms with Gasteiger partial charge in [0.25, 0.3) is 0 Å². The van der Waals surface area contributed by atoms with Crippen molar-refractivity contribution in [2.24, 2.45) is 0 Å². The minimum absolute atomic E-state index is 0.0449. The van der Waals surface area contributed by atoms with Gasteiger partial charge in [0.05, 0.1) is 33.0 Å². The Labute approximate surface area is 212 Å². The molecule has 2 aliphatic heterocycles. The van der Waals surface area contributed by atoms with Crippen LogP contribution in [0, 0.1) is 6.92 Å². The van der Waals surface area contributed by atoms with E-state index in [-0.39, 0.29) is 23.8 Å². The monoisotopic (exact) mass is 498 g/mol. The van der Waals surface area contributed by atoms with Crippen LogP contribution in [0.4, 0.5) is 5.69 Å². The molecule has 36 heavy (non-hydrogen) atoms. The van der Waals surface area contributed by atoms with E-state index >= 15 is 0 Å². The van der Waals surface area contributed by atoms with Crippen LogP contribution in [0.1, 0.15) is 42.1 Å². The molecule has 1 atom stereocenters. The number of aryl methyl sites for hydroxylation is 1. The lowest BCUT2D eigenvalue weighted by Gasteiger charge is -2.44. The Morgan fingerprint density at radius 2 is 1.94 bits per heavy atom. The summed E-state index contributed by atoms with van der Waals surface area (Å²) in [6.07, 6.45) is 4.93. The van der Waals surface area contributed by atoms with Crippen molar-refractivity contribution in [3.8, 4) is 11.5 Å². The zero-order chi connectivity index (χ0) is 24.9. The van der Waals surface area contributed by atoms with E-state index in [1.54, 1.807) is 7.11 Å². The fraction of sp³-hybridized carbons (Fsp3) is 0.654. The predicted molar refractivity (Wildman–Crippen MR) is 136 cm³/mol. The van der Waals surface area contributed by atoms with Gasteiger partial charge in [-0.2, -0.15) is 5.10 Å². The van der Waals surface area contributed by atoms with Gasteiger partial charge in [0.1, 0.15) is 5.82 Å². The van der Waals surface area contributed by atoms with Gasteiger partial charge in [-0.25, -0.2) is 4.98 Å². The second-order valence-corrected chi connectivity index (χ2v) is 10.0. The highest BCUT2D eigenvalue weighted by molar-refractivity contribution is 5.94. The first kappa shape index (κ1) is 25.0. The van der Waals surface area contributed by atoms with Crippen LogP contribution in [0.2, 0.25) is 0 Å². The molecule has 5 rings (SSSR count). The third kappa shape index (κ3) is 5.99. The molecule has 10 heteroatoms. The molecule has 10 nitrogen and oxygen atoms in total. The molecule has 2 saturated heterocycles. The van der Waals surface area contributed by atoms with Gasteiger partial charge >= 0.3 is 0 Å². The van der Waals surface area contributed by atoms with Crippen molar-refractivity contribution in [1.82, 2.24) is 25.0 Å². The van der Waals surface area contributed by atoms with Gasteiger partial charge in [-0.3, -0.25) is 19.7 Å². The quantitative estimate of drug-likeness (QED) is 0.522. The van der Waals surface area contributed by atoms with Gasteiger partial charge in [-0.1, -0.05) is 0 Å². The molecule has 1 saturated carbocycles. The largest absolute Gasteiger partial charge is 0.493 e. The first-order valence-electron chi connectivity index (χ1n) is 13.1. The Balaban J connectivity index is 1.31. The maximum absolute atomic E-state index is 12.9. The van der Waals surface area contributed by atoms with Crippen molar-refractivity contribution in [3.05, 3.63) is 29.8 Å². The minimum atomic E-state index is -0.0449. The summed E-state index contributed by atoms with van der Waals surface area (Å²) in [5.74, 6) is 2.48. The summed E-state index contributed by atoms with van der Waals surface area (Å²) >= 11 is 0. The molecule has 1 aromatic carbocycles. The van der Waals surface area contributed by atoms with Crippen LogP contribution in [-0.2, 0) is 4.74 Å². The van der Waals surface area contributed by atoms with Gasteiger partial charge < -0.3 is 19.1 Å². The number of aromatic nitrogens is 3. The fourth-order valence-electron chi connectivity index (χ4n) is 5.45.